The zero-order valence-corrected chi connectivity index (χ0v) is 15.7. The minimum atomic E-state index is -0.447. The monoisotopic (exact) mass is 389 g/mol. The molecule has 3 aromatic rings. The number of hydrogen-bond acceptors (Lipinski definition) is 6. The van der Waals surface area contributed by atoms with Crippen molar-refractivity contribution in [2.75, 3.05) is 6.61 Å². The molecule has 0 aliphatic heterocycles. The smallest absolute Gasteiger partial charge is 0.270 e. The van der Waals surface area contributed by atoms with Crippen molar-refractivity contribution >= 4 is 23.4 Å². The Hall–Kier alpha value is -4.07. The third kappa shape index (κ3) is 5.70. The van der Waals surface area contributed by atoms with Crippen LogP contribution in [-0.4, -0.2) is 28.6 Å². The molecule has 0 amide bonds. The molecule has 1 N–H and O–H groups in total. The van der Waals surface area contributed by atoms with Gasteiger partial charge in [-0.25, -0.2) is 4.99 Å². The first-order valence-corrected chi connectivity index (χ1v) is 8.92. The molecule has 0 atom stereocenters. The molecule has 146 valence electrons. The van der Waals surface area contributed by atoms with Crippen LogP contribution in [0.5, 0.6) is 5.75 Å². The number of nitro groups is 1. The number of aliphatic imine (C=N–C) groups is 1. The summed E-state index contributed by atoms with van der Waals surface area (Å²) in [5.74, 6) is 1.21. The van der Waals surface area contributed by atoms with Crippen LogP contribution in [0.1, 0.15) is 18.2 Å². The predicted octanol–water partition coefficient (Wildman–Crippen LogP) is 4.09. The van der Waals surface area contributed by atoms with Crippen LogP contribution in [0.15, 0.2) is 83.0 Å². The second kappa shape index (κ2) is 9.75. The lowest BCUT2D eigenvalue weighted by Gasteiger charge is -2.06. The van der Waals surface area contributed by atoms with Gasteiger partial charge in [0, 0.05) is 23.9 Å². The molecule has 8 heteroatoms. The molecule has 0 unspecified atom stereocenters. The van der Waals surface area contributed by atoms with Gasteiger partial charge in [-0.1, -0.05) is 18.2 Å². The molecule has 0 fully saturated rings. The number of hydrogen-bond donors (Lipinski definition) is 1. The van der Waals surface area contributed by atoms with Gasteiger partial charge in [0.2, 0.25) is 0 Å². The Bertz CT molecular complexity index is 1020. The van der Waals surface area contributed by atoms with E-state index in [4.69, 9.17) is 4.74 Å². The van der Waals surface area contributed by atoms with E-state index >= 15 is 0 Å². The number of nitro benzene ring substituents is 1. The molecule has 0 radical (unpaired) electrons. The summed E-state index contributed by atoms with van der Waals surface area (Å²) in [4.78, 5) is 19.3. The second-order valence-corrected chi connectivity index (χ2v) is 5.82. The number of nitrogens with one attached hydrogen (secondary N) is 1. The number of ether oxygens (including phenoxy) is 1. The summed E-state index contributed by atoms with van der Waals surface area (Å²) in [7, 11) is 0. The molecular weight excluding hydrogens is 370 g/mol. The number of amidine groups is 1. The molecule has 8 nitrogen and oxygen atoms in total. The van der Waals surface area contributed by atoms with Crippen molar-refractivity contribution in [2.45, 2.75) is 6.92 Å². The van der Waals surface area contributed by atoms with Gasteiger partial charge in [0.25, 0.3) is 5.69 Å². The number of non-ortho nitro benzene ring substituents is 1. The number of benzene rings is 2. The molecule has 1 aromatic heterocycles. The third-order valence-corrected chi connectivity index (χ3v) is 3.76. The third-order valence-electron chi connectivity index (χ3n) is 3.76. The summed E-state index contributed by atoms with van der Waals surface area (Å²) >= 11 is 0. The lowest BCUT2D eigenvalue weighted by molar-refractivity contribution is -0.384. The summed E-state index contributed by atoms with van der Waals surface area (Å²) in [5.41, 5.74) is 4.78. The van der Waals surface area contributed by atoms with E-state index in [0.717, 1.165) is 5.75 Å². The van der Waals surface area contributed by atoms with Gasteiger partial charge < -0.3 is 4.74 Å². The first kappa shape index (κ1) is 19.7. The number of rotatable bonds is 7. The van der Waals surface area contributed by atoms with Crippen molar-refractivity contribution in [3.05, 3.63) is 94.3 Å². The molecule has 0 aliphatic rings. The quantitative estimate of drug-likeness (QED) is 0.284. The van der Waals surface area contributed by atoms with Crippen LogP contribution >= 0.6 is 0 Å². The molecule has 29 heavy (non-hydrogen) atoms. The molecule has 3 rings (SSSR count). The molecule has 0 spiro atoms. The van der Waals surface area contributed by atoms with Crippen molar-refractivity contribution in [3.8, 4) is 5.75 Å². The van der Waals surface area contributed by atoms with Crippen LogP contribution in [0, 0.1) is 10.1 Å². The van der Waals surface area contributed by atoms with Crippen LogP contribution in [0.25, 0.3) is 0 Å². The standard InChI is InChI=1S/C21H19N5O3/c1-2-29-19-11-9-17(10-12-19)24-21(20-8-3-4-13-22-20)25-23-15-16-6-5-7-18(14-16)26(27)28/h3-15H,2H2,1H3,(H,24,25)/b23-15+. The Labute approximate surface area is 167 Å². The molecule has 2 aromatic carbocycles. The van der Waals surface area contributed by atoms with E-state index in [0.29, 0.717) is 29.4 Å². The minimum absolute atomic E-state index is 0.00181. The fourth-order valence-corrected chi connectivity index (χ4v) is 2.44. The first-order chi connectivity index (χ1) is 14.2. The summed E-state index contributed by atoms with van der Waals surface area (Å²) in [5, 5.41) is 15.1. The Balaban J connectivity index is 1.83. The van der Waals surface area contributed by atoms with E-state index in [9.17, 15) is 10.1 Å². The predicted molar refractivity (Wildman–Crippen MR) is 112 cm³/mol. The van der Waals surface area contributed by atoms with Gasteiger partial charge in [-0.05, 0) is 43.3 Å². The summed E-state index contributed by atoms with van der Waals surface area (Å²) < 4.78 is 5.44. The van der Waals surface area contributed by atoms with E-state index in [1.807, 2.05) is 49.4 Å². The van der Waals surface area contributed by atoms with Gasteiger partial charge in [0.05, 0.1) is 23.4 Å². The largest absolute Gasteiger partial charge is 0.494 e. The maximum absolute atomic E-state index is 10.9. The van der Waals surface area contributed by atoms with E-state index in [2.05, 4.69) is 20.5 Å². The molecule has 0 aliphatic carbocycles. The molecule has 0 saturated heterocycles. The zero-order chi connectivity index (χ0) is 20.5. The van der Waals surface area contributed by atoms with Crippen LogP contribution < -0.4 is 10.2 Å². The van der Waals surface area contributed by atoms with Crippen LogP contribution in [0.3, 0.4) is 0 Å². The highest BCUT2D eigenvalue weighted by Crippen LogP contribution is 2.19. The maximum Gasteiger partial charge on any atom is 0.270 e. The van der Waals surface area contributed by atoms with Crippen molar-refractivity contribution in [3.63, 3.8) is 0 Å². The van der Waals surface area contributed by atoms with Crippen molar-refractivity contribution in [2.24, 2.45) is 10.1 Å². The minimum Gasteiger partial charge on any atom is -0.494 e. The SMILES string of the molecule is CCOc1ccc(N=C(N/N=C/c2cccc([N+](=O)[O-])c2)c2ccccn2)cc1. The lowest BCUT2D eigenvalue weighted by Crippen LogP contribution is -2.20. The summed E-state index contributed by atoms with van der Waals surface area (Å²) in [6, 6.07) is 19.0. The van der Waals surface area contributed by atoms with Crippen LogP contribution in [0.2, 0.25) is 0 Å². The van der Waals surface area contributed by atoms with Gasteiger partial charge in [-0.2, -0.15) is 5.10 Å². The van der Waals surface area contributed by atoms with Crippen molar-refractivity contribution < 1.29 is 9.66 Å². The average molecular weight is 389 g/mol. The highest BCUT2D eigenvalue weighted by molar-refractivity contribution is 5.99. The van der Waals surface area contributed by atoms with Gasteiger partial charge in [0.1, 0.15) is 11.4 Å². The van der Waals surface area contributed by atoms with Gasteiger partial charge >= 0.3 is 0 Å². The maximum atomic E-state index is 10.9. The molecule has 0 bridgehead atoms. The highest BCUT2D eigenvalue weighted by atomic mass is 16.6. The Morgan fingerprint density at radius 2 is 2.00 bits per heavy atom. The Morgan fingerprint density at radius 1 is 1.17 bits per heavy atom. The fraction of sp³-hybridized carbons (Fsp3) is 0.0952. The normalized spacial score (nSPS) is 11.4. The number of nitrogens with zero attached hydrogens (tertiary/aromatic N) is 4. The first-order valence-electron chi connectivity index (χ1n) is 8.92. The molecular formula is C21H19N5O3. The molecule has 0 saturated carbocycles. The van der Waals surface area contributed by atoms with Gasteiger partial charge in [-0.15, -0.1) is 0 Å². The zero-order valence-electron chi connectivity index (χ0n) is 15.7. The van der Waals surface area contributed by atoms with E-state index in [1.54, 1.807) is 18.3 Å². The van der Waals surface area contributed by atoms with Crippen molar-refractivity contribution in [1.82, 2.24) is 10.4 Å². The van der Waals surface area contributed by atoms with E-state index in [1.165, 1.54) is 18.3 Å². The number of pyridine rings is 1. The Kier molecular flexibility index (Phi) is 6.62. The van der Waals surface area contributed by atoms with Crippen LogP contribution in [-0.2, 0) is 0 Å². The second-order valence-electron chi connectivity index (χ2n) is 5.82. The van der Waals surface area contributed by atoms with Gasteiger partial charge in [0.15, 0.2) is 5.84 Å². The fourth-order valence-electron chi connectivity index (χ4n) is 2.44. The van der Waals surface area contributed by atoms with E-state index in [-0.39, 0.29) is 5.69 Å². The highest BCUT2D eigenvalue weighted by Gasteiger charge is 2.06. The number of aromatic nitrogens is 1. The van der Waals surface area contributed by atoms with Gasteiger partial charge in [-0.3, -0.25) is 20.5 Å². The summed E-state index contributed by atoms with van der Waals surface area (Å²) in [6.07, 6.45) is 3.15. The lowest BCUT2D eigenvalue weighted by atomic mass is 10.2. The van der Waals surface area contributed by atoms with Crippen LogP contribution in [0.4, 0.5) is 11.4 Å². The number of hydrazone groups is 1. The Morgan fingerprint density at radius 3 is 2.69 bits per heavy atom. The van der Waals surface area contributed by atoms with Crippen molar-refractivity contribution in [1.29, 1.82) is 0 Å². The topological polar surface area (TPSA) is 102 Å². The molecule has 1 heterocycles. The average Bonchev–Trinajstić information content (AvgIpc) is 2.75. The van der Waals surface area contributed by atoms with E-state index < -0.39 is 4.92 Å². The summed E-state index contributed by atoms with van der Waals surface area (Å²) in [6.45, 7) is 2.52.